The zero-order valence-corrected chi connectivity index (χ0v) is 15.6. The molecule has 0 atom stereocenters. The van der Waals surface area contributed by atoms with Gasteiger partial charge in [0.25, 0.3) is 0 Å². The van der Waals surface area contributed by atoms with Gasteiger partial charge in [-0.2, -0.15) is 5.10 Å². The molecule has 0 amide bonds. The van der Waals surface area contributed by atoms with E-state index in [0.717, 1.165) is 13.0 Å². The molecule has 1 saturated heterocycles. The maximum Gasteiger partial charge on any atom is 0.133 e. The van der Waals surface area contributed by atoms with Crippen molar-refractivity contribution in [3.63, 3.8) is 0 Å². The lowest BCUT2D eigenvalue weighted by Crippen LogP contribution is -2.33. The first kappa shape index (κ1) is 16.6. The Balaban J connectivity index is 1.71. The van der Waals surface area contributed by atoms with Crippen LogP contribution in [0.4, 0.5) is 5.82 Å². The van der Waals surface area contributed by atoms with Crippen LogP contribution >= 0.6 is 0 Å². The van der Waals surface area contributed by atoms with Gasteiger partial charge in [0.15, 0.2) is 0 Å². The zero-order valence-electron chi connectivity index (χ0n) is 15.6. The van der Waals surface area contributed by atoms with E-state index < -0.39 is 0 Å². The molecule has 134 valence electrons. The largest absolute Gasteiger partial charge is 0.370 e. The van der Waals surface area contributed by atoms with Gasteiger partial charge in [-0.05, 0) is 70.8 Å². The van der Waals surface area contributed by atoms with Crippen LogP contribution < -0.4 is 5.32 Å². The maximum absolute atomic E-state index is 5.14. The molecule has 4 heteroatoms. The summed E-state index contributed by atoms with van der Waals surface area (Å²) in [4.78, 5) is 2.56. The Morgan fingerprint density at radius 2 is 1.88 bits per heavy atom. The van der Waals surface area contributed by atoms with Crippen molar-refractivity contribution in [3.05, 3.63) is 41.1 Å². The number of anilines is 1. The maximum atomic E-state index is 5.14. The van der Waals surface area contributed by atoms with Crippen LogP contribution in [-0.2, 0) is 6.42 Å². The van der Waals surface area contributed by atoms with Crippen molar-refractivity contribution in [3.8, 4) is 5.69 Å². The van der Waals surface area contributed by atoms with Gasteiger partial charge in [0.05, 0.1) is 11.4 Å². The summed E-state index contributed by atoms with van der Waals surface area (Å²) in [5, 5.41) is 8.82. The summed E-state index contributed by atoms with van der Waals surface area (Å²) in [5.41, 5.74) is 5.31. The highest BCUT2D eigenvalue weighted by atomic mass is 15.3. The average molecular weight is 338 g/mol. The van der Waals surface area contributed by atoms with Crippen molar-refractivity contribution >= 4 is 5.82 Å². The molecule has 0 aliphatic carbocycles. The standard InChI is InChI=1S/C21H30N4/c1-3-24-14-11-17(12-15-24)20-19-6-4-5-13-22-21(19)25(23-20)18-9-7-16(2)8-10-18/h7-10,17,22H,3-6,11-15H2,1-2H3. The van der Waals surface area contributed by atoms with E-state index in [-0.39, 0.29) is 0 Å². The summed E-state index contributed by atoms with van der Waals surface area (Å²) < 4.78 is 2.17. The van der Waals surface area contributed by atoms with Gasteiger partial charge in [-0.15, -0.1) is 0 Å². The predicted molar refractivity (Wildman–Crippen MR) is 104 cm³/mol. The highest BCUT2D eigenvalue weighted by Crippen LogP contribution is 2.36. The number of benzene rings is 1. The molecular weight excluding hydrogens is 308 g/mol. The lowest BCUT2D eigenvalue weighted by atomic mass is 9.90. The third kappa shape index (κ3) is 3.32. The van der Waals surface area contributed by atoms with Gasteiger partial charge >= 0.3 is 0 Å². The van der Waals surface area contributed by atoms with E-state index in [2.05, 4.69) is 53.0 Å². The summed E-state index contributed by atoms with van der Waals surface area (Å²) in [7, 11) is 0. The smallest absolute Gasteiger partial charge is 0.133 e. The van der Waals surface area contributed by atoms with Crippen molar-refractivity contribution in [2.75, 3.05) is 31.5 Å². The number of nitrogens with zero attached hydrogens (tertiary/aromatic N) is 3. The Morgan fingerprint density at radius 1 is 1.12 bits per heavy atom. The minimum Gasteiger partial charge on any atom is -0.370 e. The fourth-order valence-corrected chi connectivity index (χ4v) is 4.25. The van der Waals surface area contributed by atoms with Crippen LogP contribution in [0.1, 0.15) is 55.3 Å². The average Bonchev–Trinajstić information content (AvgIpc) is 2.84. The Morgan fingerprint density at radius 3 is 2.60 bits per heavy atom. The topological polar surface area (TPSA) is 33.1 Å². The number of hydrogen-bond acceptors (Lipinski definition) is 3. The minimum absolute atomic E-state index is 0.614. The fraction of sp³-hybridized carbons (Fsp3) is 0.571. The molecule has 0 saturated carbocycles. The molecule has 4 rings (SSSR count). The van der Waals surface area contributed by atoms with Gasteiger partial charge in [-0.1, -0.05) is 24.6 Å². The molecule has 2 aliphatic heterocycles. The Bertz CT molecular complexity index is 708. The molecule has 1 fully saturated rings. The van der Waals surface area contributed by atoms with Crippen molar-refractivity contribution in [2.45, 2.75) is 51.9 Å². The summed E-state index contributed by atoms with van der Waals surface area (Å²) >= 11 is 0. The minimum atomic E-state index is 0.614. The number of fused-ring (bicyclic) bond motifs is 1. The molecule has 3 heterocycles. The predicted octanol–water partition coefficient (Wildman–Crippen LogP) is 4.13. The Hall–Kier alpha value is -1.81. The molecule has 1 aromatic carbocycles. The zero-order chi connectivity index (χ0) is 17.2. The van der Waals surface area contributed by atoms with Crippen LogP contribution in [0.15, 0.2) is 24.3 Å². The number of piperidine rings is 1. The summed E-state index contributed by atoms with van der Waals surface area (Å²) in [6, 6.07) is 8.75. The second-order valence-corrected chi connectivity index (χ2v) is 7.55. The van der Waals surface area contributed by atoms with Crippen LogP contribution in [-0.4, -0.2) is 40.9 Å². The monoisotopic (exact) mass is 338 g/mol. The second-order valence-electron chi connectivity index (χ2n) is 7.55. The second kappa shape index (κ2) is 7.20. The van der Waals surface area contributed by atoms with Crippen LogP contribution in [0.5, 0.6) is 0 Å². The van der Waals surface area contributed by atoms with E-state index in [1.165, 1.54) is 73.6 Å². The van der Waals surface area contributed by atoms with E-state index >= 15 is 0 Å². The number of aromatic nitrogens is 2. The number of likely N-dealkylation sites (tertiary alicyclic amines) is 1. The molecule has 0 spiro atoms. The Labute approximate surface area is 151 Å². The van der Waals surface area contributed by atoms with Gasteiger partial charge in [0.2, 0.25) is 0 Å². The number of rotatable bonds is 3. The van der Waals surface area contributed by atoms with E-state index in [1.807, 2.05) is 0 Å². The first-order chi connectivity index (χ1) is 12.3. The third-order valence-corrected chi connectivity index (χ3v) is 5.86. The highest BCUT2D eigenvalue weighted by molar-refractivity contribution is 5.55. The van der Waals surface area contributed by atoms with E-state index in [0.29, 0.717) is 5.92 Å². The normalized spacial score (nSPS) is 19.3. The first-order valence-electron chi connectivity index (χ1n) is 9.91. The molecule has 2 aromatic rings. The van der Waals surface area contributed by atoms with Crippen molar-refractivity contribution < 1.29 is 0 Å². The van der Waals surface area contributed by atoms with Crippen molar-refractivity contribution in [1.29, 1.82) is 0 Å². The number of hydrogen-bond donors (Lipinski definition) is 1. The van der Waals surface area contributed by atoms with Crippen LogP contribution in [0.25, 0.3) is 5.69 Å². The van der Waals surface area contributed by atoms with Gasteiger partial charge in [0.1, 0.15) is 5.82 Å². The molecule has 1 N–H and O–H groups in total. The summed E-state index contributed by atoms with van der Waals surface area (Å²) in [5.74, 6) is 1.86. The van der Waals surface area contributed by atoms with Gasteiger partial charge in [-0.3, -0.25) is 0 Å². The molecule has 1 aromatic heterocycles. The van der Waals surface area contributed by atoms with Gasteiger partial charge < -0.3 is 10.2 Å². The van der Waals surface area contributed by atoms with Crippen LogP contribution in [0.3, 0.4) is 0 Å². The Kier molecular flexibility index (Phi) is 4.80. The van der Waals surface area contributed by atoms with Crippen LogP contribution in [0.2, 0.25) is 0 Å². The quantitative estimate of drug-likeness (QED) is 0.913. The van der Waals surface area contributed by atoms with E-state index in [1.54, 1.807) is 0 Å². The van der Waals surface area contributed by atoms with E-state index in [4.69, 9.17) is 5.10 Å². The molecule has 2 aliphatic rings. The van der Waals surface area contributed by atoms with Crippen molar-refractivity contribution in [2.24, 2.45) is 0 Å². The molecule has 0 bridgehead atoms. The summed E-state index contributed by atoms with van der Waals surface area (Å²) in [6.07, 6.45) is 6.16. The van der Waals surface area contributed by atoms with E-state index in [9.17, 15) is 0 Å². The molecule has 4 nitrogen and oxygen atoms in total. The number of aryl methyl sites for hydroxylation is 1. The lowest BCUT2D eigenvalue weighted by Gasteiger charge is -2.30. The summed E-state index contributed by atoms with van der Waals surface area (Å²) in [6.45, 7) is 9.05. The lowest BCUT2D eigenvalue weighted by molar-refractivity contribution is 0.220. The van der Waals surface area contributed by atoms with Gasteiger partial charge in [0, 0.05) is 18.0 Å². The van der Waals surface area contributed by atoms with Crippen molar-refractivity contribution in [1.82, 2.24) is 14.7 Å². The van der Waals surface area contributed by atoms with Crippen LogP contribution in [0, 0.1) is 6.92 Å². The number of nitrogens with one attached hydrogen (secondary N) is 1. The molecular formula is C21H30N4. The molecule has 25 heavy (non-hydrogen) atoms. The fourth-order valence-electron chi connectivity index (χ4n) is 4.25. The third-order valence-electron chi connectivity index (χ3n) is 5.86. The van der Waals surface area contributed by atoms with Gasteiger partial charge in [-0.25, -0.2) is 4.68 Å². The molecule has 0 unspecified atom stereocenters. The highest BCUT2D eigenvalue weighted by Gasteiger charge is 2.28. The first-order valence-corrected chi connectivity index (χ1v) is 9.91. The SMILES string of the molecule is CCN1CCC(c2nn(-c3ccc(C)cc3)c3c2CCCCN3)CC1. The molecule has 0 radical (unpaired) electrons.